The molecule has 122 valence electrons. The highest BCUT2D eigenvalue weighted by Crippen LogP contribution is 2.27. The number of halogens is 1. The minimum atomic E-state index is -0.358. The number of methoxy groups -OCH3 is 2. The van der Waals surface area contributed by atoms with Crippen LogP contribution in [0.25, 0.3) is 0 Å². The maximum atomic E-state index is 12.1. The molecule has 0 aromatic heterocycles. The summed E-state index contributed by atoms with van der Waals surface area (Å²) in [6, 6.07) is 14.4. The van der Waals surface area contributed by atoms with Gasteiger partial charge < -0.3 is 20.1 Å². The Bertz CT molecular complexity index is 650. The van der Waals surface area contributed by atoms with Crippen LogP contribution in [0.2, 0.25) is 5.02 Å². The van der Waals surface area contributed by atoms with Crippen molar-refractivity contribution in [1.29, 1.82) is 0 Å². The second-order valence-electron chi connectivity index (χ2n) is 4.81. The molecule has 5 nitrogen and oxygen atoms in total. The van der Waals surface area contributed by atoms with E-state index in [1.165, 1.54) is 7.11 Å². The van der Waals surface area contributed by atoms with E-state index >= 15 is 0 Å². The van der Waals surface area contributed by atoms with Gasteiger partial charge in [-0.25, -0.2) is 4.79 Å². The van der Waals surface area contributed by atoms with Gasteiger partial charge in [0.2, 0.25) is 0 Å². The van der Waals surface area contributed by atoms with Gasteiger partial charge >= 0.3 is 6.03 Å². The summed E-state index contributed by atoms with van der Waals surface area (Å²) in [4.78, 5) is 12.1. The largest absolute Gasteiger partial charge is 0.495 e. The van der Waals surface area contributed by atoms with Gasteiger partial charge in [-0.2, -0.15) is 0 Å². The number of benzene rings is 2. The maximum absolute atomic E-state index is 12.1. The number of carbonyl (C=O) groups excluding carboxylic acids is 1. The van der Waals surface area contributed by atoms with Crippen LogP contribution in [0.1, 0.15) is 11.7 Å². The fraction of sp³-hybridized carbons (Fsp3) is 0.235. The van der Waals surface area contributed by atoms with Crippen molar-refractivity contribution in [3.05, 3.63) is 59.1 Å². The average molecular weight is 335 g/mol. The molecule has 0 fully saturated rings. The highest BCUT2D eigenvalue weighted by atomic mass is 35.5. The van der Waals surface area contributed by atoms with Crippen molar-refractivity contribution in [3.63, 3.8) is 0 Å². The Morgan fingerprint density at radius 1 is 1.17 bits per heavy atom. The van der Waals surface area contributed by atoms with Crippen LogP contribution >= 0.6 is 11.6 Å². The lowest BCUT2D eigenvalue weighted by Gasteiger charge is -2.17. The van der Waals surface area contributed by atoms with Gasteiger partial charge in [0.15, 0.2) is 0 Å². The molecule has 0 spiro atoms. The topological polar surface area (TPSA) is 59.6 Å². The van der Waals surface area contributed by atoms with E-state index in [-0.39, 0.29) is 12.1 Å². The van der Waals surface area contributed by atoms with Crippen molar-refractivity contribution in [2.24, 2.45) is 0 Å². The lowest BCUT2D eigenvalue weighted by molar-refractivity contribution is 0.104. The van der Waals surface area contributed by atoms with Gasteiger partial charge in [0, 0.05) is 18.7 Å². The Morgan fingerprint density at radius 3 is 2.57 bits per heavy atom. The van der Waals surface area contributed by atoms with Gasteiger partial charge in [-0.05, 0) is 23.8 Å². The Balaban J connectivity index is 1.96. The number of hydrogen-bond donors (Lipinski definition) is 2. The summed E-state index contributed by atoms with van der Waals surface area (Å²) in [7, 11) is 3.14. The van der Waals surface area contributed by atoms with Crippen LogP contribution in [0, 0.1) is 0 Å². The minimum Gasteiger partial charge on any atom is -0.495 e. The quantitative estimate of drug-likeness (QED) is 0.843. The van der Waals surface area contributed by atoms with Crippen molar-refractivity contribution < 1.29 is 14.3 Å². The number of nitrogens with one attached hydrogen (secondary N) is 2. The van der Waals surface area contributed by atoms with Crippen molar-refractivity contribution >= 4 is 23.3 Å². The van der Waals surface area contributed by atoms with Crippen LogP contribution < -0.4 is 15.4 Å². The van der Waals surface area contributed by atoms with E-state index in [9.17, 15) is 4.79 Å². The van der Waals surface area contributed by atoms with Gasteiger partial charge in [-0.1, -0.05) is 41.9 Å². The fourth-order valence-corrected chi connectivity index (χ4v) is 2.31. The predicted octanol–water partition coefficient (Wildman–Crippen LogP) is 3.86. The molecule has 0 aliphatic heterocycles. The average Bonchev–Trinajstić information content (AvgIpc) is 2.56. The van der Waals surface area contributed by atoms with Crippen LogP contribution in [0.4, 0.5) is 10.5 Å². The zero-order valence-electron chi connectivity index (χ0n) is 13.0. The second-order valence-corrected chi connectivity index (χ2v) is 5.25. The highest BCUT2D eigenvalue weighted by Gasteiger charge is 2.13. The second kappa shape index (κ2) is 8.41. The highest BCUT2D eigenvalue weighted by molar-refractivity contribution is 6.31. The predicted molar refractivity (Wildman–Crippen MR) is 91.2 cm³/mol. The lowest BCUT2D eigenvalue weighted by Crippen LogP contribution is -2.33. The van der Waals surface area contributed by atoms with Crippen LogP contribution in [-0.4, -0.2) is 26.8 Å². The molecule has 0 aliphatic carbocycles. The molecule has 2 N–H and O–H groups in total. The van der Waals surface area contributed by atoms with Crippen molar-refractivity contribution in [2.75, 3.05) is 26.1 Å². The maximum Gasteiger partial charge on any atom is 0.319 e. The standard InChI is InChI=1S/C17H19ClN2O3/c1-22-15-9-8-13(18)10-14(15)20-17(21)19-11-16(23-2)12-6-4-3-5-7-12/h3-10,16H,11H2,1-2H3,(H2,19,20,21). The number of anilines is 1. The number of ether oxygens (including phenoxy) is 2. The summed E-state index contributed by atoms with van der Waals surface area (Å²) in [5.74, 6) is 0.538. The molecule has 1 unspecified atom stereocenters. The van der Waals surface area contributed by atoms with Gasteiger partial charge in [0.25, 0.3) is 0 Å². The zero-order chi connectivity index (χ0) is 16.7. The molecule has 0 radical (unpaired) electrons. The number of amides is 2. The summed E-state index contributed by atoms with van der Waals surface area (Å²) in [5.41, 5.74) is 1.50. The monoisotopic (exact) mass is 334 g/mol. The molecule has 2 aromatic carbocycles. The molecule has 0 saturated carbocycles. The molecule has 23 heavy (non-hydrogen) atoms. The number of hydrogen-bond acceptors (Lipinski definition) is 3. The van der Waals surface area contributed by atoms with Gasteiger partial charge in [0.1, 0.15) is 5.75 Å². The van der Waals surface area contributed by atoms with E-state index in [2.05, 4.69) is 10.6 Å². The minimum absolute atomic E-state index is 0.219. The Labute approximate surface area is 140 Å². The van der Waals surface area contributed by atoms with Gasteiger partial charge in [-0.3, -0.25) is 0 Å². The van der Waals surface area contributed by atoms with Crippen LogP contribution in [0.15, 0.2) is 48.5 Å². The summed E-state index contributed by atoms with van der Waals surface area (Å²) < 4.78 is 10.6. The Morgan fingerprint density at radius 2 is 1.91 bits per heavy atom. The summed E-state index contributed by atoms with van der Waals surface area (Å²) in [5, 5.41) is 6.01. The Hall–Kier alpha value is -2.24. The van der Waals surface area contributed by atoms with Crippen LogP contribution in [0.3, 0.4) is 0 Å². The normalized spacial score (nSPS) is 11.6. The van der Waals surface area contributed by atoms with Crippen molar-refractivity contribution in [1.82, 2.24) is 5.32 Å². The smallest absolute Gasteiger partial charge is 0.319 e. The first-order valence-corrected chi connectivity index (χ1v) is 7.48. The third-order valence-corrected chi connectivity index (χ3v) is 3.55. The van der Waals surface area contributed by atoms with E-state index in [4.69, 9.17) is 21.1 Å². The first kappa shape index (κ1) is 17.1. The fourth-order valence-electron chi connectivity index (χ4n) is 2.13. The van der Waals surface area contributed by atoms with E-state index in [1.807, 2.05) is 30.3 Å². The van der Waals surface area contributed by atoms with Gasteiger partial charge in [-0.15, -0.1) is 0 Å². The van der Waals surface area contributed by atoms with Crippen LogP contribution in [0.5, 0.6) is 5.75 Å². The molecular formula is C17H19ClN2O3. The molecule has 0 bridgehead atoms. The molecule has 0 heterocycles. The Kier molecular flexibility index (Phi) is 6.26. The molecule has 2 aromatic rings. The van der Waals surface area contributed by atoms with E-state index in [0.29, 0.717) is 23.0 Å². The van der Waals surface area contributed by atoms with E-state index < -0.39 is 0 Å². The number of rotatable bonds is 6. The summed E-state index contributed by atoms with van der Waals surface area (Å²) >= 11 is 5.94. The molecule has 6 heteroatoms. The third-order valence-electron chi connectivity index (χ3n) is 3.31. The molecule has 1 atom stereocenters. The first-order valence-electron chi connectivity index (χ1n) is 7.10. The molecule has 2 amide bonds. The van der Waals surface area contributed by atoms with E-state index in [0.717, 1.165) is 5.56 Å². The SMILES string of the molecule is COc1ccc(Cl)cc1NC(=O)NCC(OC)c1ccccc1. The number of carbonyl (C=O) groups is 1. The number of urea groups is 1. The summed E-state index contributed by atoms with van der Waals surface area (Å²) in [6.07, 6.45) is -0.219. The molecule has 0 saturated heterocycles. The van der Waals surface area contributed by atoms with Gasteiger partial charge in [0.05, 0.1) is 18.9 Å². The zero-order valence-corrected chi connectivity index (χ0v) is 13.8. The van der Waals surface area contributed by atoms with Crippen molar-refractivity contribution in [3.8, 4) is 5.75 Å². The van der Waals surface area contributed by atoms with Crippen LogP contribution in [-0.2, 0) is 4.74 Å². The summed E-state index contributed by atoms with van der Waals surface area (Å²) in [6.45, 7) is 0.342. The molecule has 2 rings (SSSR count). The molecule has 0 aliphatic rings. The van der Waals surface area contributed by atoms with E-state index in [1.54, 1.807) is 25.3 Å². The van der Waals surface area contributed by atoms with Crippen molar-refractivity contribution in [2.45, 2.75) is 6.10 Å². The first-order chi connectivity index (χ1) is 11.1. The third kappa shape index (κ3) is 4.87. The lowest BCUT2D eigenvalue weighted by atomic mass is 10.1. The molecular weight excluding hydrogens is 316 g/mol.